The van der Waals surface area contributed by atoms with Crippen molar-refractivity contribution in [1.29, 1.82) is 0 Å². The van der Waals surface area contributed by atoms with Gasteiger partial charge < -0.3 is 14.8 Å². The number of nitrogens with one attached hydrogen (secondary N) is 1. The van der Waals surface area contributed by atoms with E-state index < -0.39 is 17.7 Å². The Hall–Kier alpha value is -3.61. The second kappa shape index (κ2) is 8.49. The number of hydrogen-bond donors (Lipinski definition) is 1. The zero-order valence-electron chi connectivity index (χ0n) is 18.7. The average molecular weight is 434 g/mol. The van der Waals surface area contributed by atoms with E-state index >= 15 is 0 Å². The summed E-state index contributed by atoms with van der Waals surface area (Å²) in [6.07, 6.45) is 0.722. The van der Waals surface area contributed by atoms with Crippen LogP contribution < -0.4 is 19.7 Å². The lowest BCUT2D eigenvalue weighted by atomic mass is 10.1. The number of para-hydroxylation sites is 3. The van der Waals surface area contributed by atoms with E-state index in [-0.39, 0.29) is 18.4 Å². The fraction of sp³-hybridized carbons (Fsp3) is 0.320. The van der Waals surface area contributed by atoms with E-state index in [1.807, 2.05) is 63.2 Å². The molecule has 1 aromatic heterocycles. The Morgan fingerprint density at radius 2 is 1.78 bits per heavy atom. The van der Waals surface area contributed by atoms with Crippen LogP contribution in [0, 0.1) is 0 Å². The van der Waals surface area contributed by atoms with Crippen molar-refractivity contribution < 1.29 is 19.1 Å². The molecule has 2 atom stereocenters. The van der Waals surface area contributed by atoms with Crippen molar-refractivity contribution >= 4 is 28.4 Å². The summed E-state index contributed by atoms with van der Waals surface area (Å²) < 4.78 is 11.7. The number of aromatic nitrogens is 1. The van der Waals surface area contributed by atoms with E-state index in [2.05, 4.69) is 10.3 Å². The zero-order chi connectivity index (χ0) is 22.9. The van der Waals surface area contributed by atoms with Crippen LogP contribution in [0.1, 0.15) is 27.7 Å². The highest BCUT2D eigenvalue weighted by atomic mass is 16.6. The normalized spacial score (nSPS) is 16.3. The maximum Gasteiger partial charge on any atom is 0.272 e. The molecular weight excluding hydrogens is 406 g/mol. The fourth-order valence-corrected chi connectivity index (χ4v) is 3.62. The van der Waals surface area contributed by atoms with Gasteiger partial charge in [0, 0.05) is 10.9 Å². The topological polar surface area (TPSA) is 80.8 Å². The van der Waals surface area contributed by atoms with Gasteiger partial charge in [0.2, 0.25) is 12.0 Å². The van der Waals surface area contributed by atoms with Gasteiger partial charge >= 0.3 is 0 Å². The van der Waals surface area contributed by atoms with Crippen LogP contribution in [0.15, 0.2) is 60.8 Å². The second-order valence-electron chi connectivity index (χ2n) is 8.87. The van der Waals surface area contributed by atoms with Crippen molar-refractivity contribution in [3.05, 3.63) is 60.8 Å². The number of fused-ring (bicyclic) bond motifs is 2. The summed E-state index contributed by atoms with van der Waals surface area (Å²) in [7, 11) is 0. The van der Waals surface area contributed by atoms with Gasteiger partial charge in [0.25, 0.3) is 5.91 Å². The standard InChI is InChI=1S/C25H27N3O4/c1-16(23(29)27-25(2,3)4)28(18-13-17-9-5-6-10-19(17)26-14-18)24(30)22-15-31-20-11-7-8-12-21(20)32-22/h5-14,16,22H,15H2,1-4H3,(H,27,29)/t16-,22-/m1/s1. The van der Waals surface area contributed by atoms with Gasteiger partial charge in [-0.05, 0) is 52.0 Å². The Morgan fingerprint density at radius 3 is 2.53 bits per heavy atom. The lowest BCUT2D eigenvalue weighted by Gasteiger charge is -2.34. The molecule has 0 saturated carbocycles. The Bertz CT molecular complexity index is 1160. The van der Waals surface area contributed by atoms with Gasteiger partial charge in [-0.1, -0.05) is 30.3 Å². The zero-order valence-corrected chi connectivity index (χ0v) is 18.7. The molecule has 0 spiro atoms. The Morgan fingerprint density at radius 1 is 1.09 bits per heavy atom. The number of carbonyl (C=O) groups excluding carboxylic acids is 2. The molecule has 32 heavy (non-hydrogen) atoms. The van der Waals surface area contributed by atoms with Crippen molar-refractivity contribution in [1.82, 2.24) is 10.3 Å². The van der Waals surface area contributed by atoms with Crippen molar-refractivity contribution in [3.63, 3.8) is 0 Å². The maximum absolute atomic E-state index is 13.7. The molecule has 2 amide bonds. The van der Waals surface area contributed by atoms with E-state index in [4.69, 9.17) is 9.47 Å². The molecule has 3 aromatic rings. The number of anilines is 1. The van der Waals surface area contributed by atoms with Crippen molar-refractivity contribution in [2.45, 2.75) is 45.4 Å². The highest BCUT2D eigenvalue weighted by Gasteiger charge is 2.37. The van der Waals surface area contributed by atoms with Crippen molar-refractivity contribution in [3.8, 4) is 11.5 Å². The minimum Gasteiger partial charge on any atom is -0.485 e. The first-order valence-electron chi connectivity index (χ1n) is 10.6. The average Bonchev–Trinajstić information content (AvgIpc) is 2.77. The quantitative estimate of drug-likeness (QED) is 0.678. The molecule has 0 radical (unpaired) electrons. The van der Waals surface area contributed by atoms with Crippen LogP contribution in [0.5, 0.6) is 11.5 Å². The predicted molar refractivity (Wildman–Crippen MR) is 123 cm³/mol. The lowest BCUT2D eigenvalue weighted by Crippen LogP contribution is -2.56. The molecule has 7 nitrogen and oxygen atoms in total. The van der Waals surface area contributed by atoms with E-state index in [1.165, 1.54) is 4.90 Å². The molecule has 0 bridgehead atoms. The highest BCUT2D eigenvalue weighted by Crippen LogP contribution is 2.32. The molecule has 166 valence electrons. The fourth-order valence-electron chi connectivity index (χ4n) is 3.62. The molecule has 2 aromatic carbocycles. The predicted octanol–water partition coefficient (Wildman–Crippen LogP) is 3.71. The largest absolute Gasteiger partial charge is 0.485 e. The molecular formula is C25H27N3O4. The summed E-state index contributed by atoms with van der Waals surface area (Å²) in [5.74, 6) is 0.457. The smallest absolute Gasteiger partial charge is 0.272 e. The third-order valence-corrected chi connectivity index (χ3v) is 5.14. The summed E-state index contributed by atoms with van der Waals surface area (Å²) in [4.78, 5) is 32.6. The highest BCUT2D eigenvalue weighted by molar-refractivity contribution is 6.04. The van der Waals surface area contributed by atoms with E-state index in [9.17, 15) is 9.59 Å². The molecule has 1 N–H and O–H groups in total. The molecule has 2 heterocycles. The van der Waals surface area contributed by atoms with E-state index in [1.54, 1.807) is 25.3 Å². The van der Waals surface area contributed by atoms with Crippen molar-refractivity contribution in [2.75, 3.05) is 11.5 Å². The van der Waals surface area contributed by atoms with Gasteiger partial charge in [0.15, 0.2) is 11.5 Å². The Labute approximate surface area is 187 Å². The monoisotopic (exact) mass is 433 g/mol. The van der Waals surface area contributed by atoms with E-state index in [0.717, 1.165) is 10.9 Å². The van der Waals surface area contributed by atoms with Gasteiger partial charge in [0.05, 0.1) is 17.4 Å². The van der Waals surface area contributed by atoms with Crippen LogP contribution in [0.2, 0.25) is 0 Å². The third kappa shape index (κ3) is 4.51. The first-order chi connectivity index (χ1) is 15.2. The van der Waals surface area contributed by atoms with Gasteiger partial charge in [0.1, 0.15) is 12.6 Å². The molecule has 0 fully saturated rings. The van der Waals surface area contributed by atoms with Gasteiger partial charge in [-0.2, -0.15) is 0 Å². The molecule has 0 saturated heterocycles. The summed E-state index contributed by atoms with van der Waals surface area (Å²) in [6, 6.07) is 15.9. The van der Waals surface area contributed by atoms with E-state index in [0.29, 0.717) is 17.2 Å². The number of benzene rings is 2. The number of rotatable bonds is 4. The third-order valence-electron chi connectivity index (χ3n) is 5.14. The van der Waals surface area contributed by atoms with Gasteiger partial charge in [-0.15, -0.1) is 0 Å². The first-order valence-corrected chi connectivity index (χ1v) is 10.6. The summed E-state index contributed by atoms with van der Waals surface area (Å²) >= 11 is 0. The number of ether oxygens (including phenoxy) is 2. The Kier molecular flexibility index (Phi) is 5.74. The number of nitrogens with zero attached hydrogens (tertiary/aromatic N) is 2. The van der Waals surface area contributed by atoms with Gasteiger partial charge in [-0.25, -0.2) is 0 Å². The molecule has 1 aliphatic rings. The SMILES string of the molecule is C[C@H](C(=O)NC(C)(C)C)N(C(=O)[C@H]1COc2ccccc2O1)c1cnc2ccccc2c1. The van der Waals surface area contributed by atoms with Crippen LogP contribution in [0.3, 0.4) is 0 Å². The first kappa shape index (κ1) is 21.6. The van der Waals surface area contributed by atoms with Crippen molar-refractivity contribution in [2.24, 2.45) is 0 Å². The molecule has 0 aliphatic carbocycles. The Balaban J connectivity index is 1.69. The van der Waals surface area contributed by atoms with Crippen LogP contribution in [0.25, 0.3) is 10.9 Å². The lowest BCUT2D eigenvalue weighted by molar-refractivity contribution is -0.131. The minimum atomic E-state index is -0.888. The molecule has 4 rings (SSSR count). The van der Waals surface area contributed by atoms with Gasteiger partial charge in [-0.3, -0.25) is 19.5 Å². The van der Waals surface area contributed by atoms with Crippen LogP contribution >= 0.6 is 0 Å². The van der Waals surface area contributed by atoms with Crippen LogP contribution in [-0.2, 0) is 9.59 Å². The number of pyridine rings is 1. The minimum absolute atomic E-state index is 0.0565. The molecule has 0 unspecified atom stereocenters. The second-order valence-corrected chi connectivity index (χ2v) is 8.87. The molecule has 1 aliphatic heterocycles. The number of hydrogen-bond acceptors (Lipinski definition) is 5. The van der Waals surface area contributed by atoms with Crippen LogP contribution in [-0.4, -0.2) is 41.1 Å². The summed E-state index contributed by atoms with van der Waals surface area (Å²) in [6.45, 7) is 7.45. The number of amides is 2. The summed E-state index contributed by atoms with van der Waals surface area (Å²) in [5, 5.41) is 3.83. The maximum atomic E-state index is 13.7. The van der Waals surface area contributed by atoms with Crippen LogP contribution in [0.4, 0.5) is 5.69 Å². The molecule has 7 heteroatoms. The number of carbonyl (C=O) groups is 2. The summed E-state index contributed by atoms with van der Waals surface area (Å²) in [5.41, 5.74) is 0.889.